The molecule has 0 saturated heterocycles. The molecule has 0 fully saturated rings. The van der Waals surface area contributed by atoms with Crippen LogP contribution in [-0.2, 0) is 32.7 Å². The first-order valence-corrected chi connectivity index (χ1v) is 41.0. The van der Waals surface area contributed by atoms with Gasteiger partial charge in [-0.2, -0.15) is 0 Å². The highest BCUT2D eigenvalue weighted by Crippen LogP contribution is 2.38. The summed E-state index contributed by atoms with van der Waals surface area (Å²) in [6.45, 7) is 4.04. The van der Waals surface area contributed by atoms with E-state index in [1.54, 1.807) is 0 Å². The molecule has 0 amide bonds. The van der Waals surface area contributed by atoms with Gasteiger partial charge in [0.25, 0.3) is 7.82 Å². The van der Waals surface area contributed by atoms with E-state index >= 15 is 0 Å². The van der Waals surface area contributed by atoms with E-state index in [9.17, 15) is 19.0 Å². The van der Waals surface area contributed by atoms with Gasteiger partial charge in [0.1, 0.15) is 19.8 Å². The first kappa shape index (κ1) is 91.9. The number of carbonyl (C=O) groups excluding carboxylic acids is 2. The fourth-order valence-electron chi connectivity index (χ4n) is 10.9. The molecule has 2 atom stereocenters. The molecule has 96 heavy (non-hydrogen) atoms. The SMILES string of the molecule is CC/C=C\C/C=C\C/C=C\C/C=C\C/C=C\C/C=C\CCCCCCCCCCCCCCCCCCCCC(=O)OC(COC(=O)CCCCCCCCCCCCCCCCCC/C=C\C/C=C\C/C=C\C/C=C\C/C=C\C/C=C\CC)COP(=O)([O-])OCC[N+](C)(C)C. The molecule has 0 rings (SSSR count). The van der Waals surface area contributed by atoms with Crippen molar-refractivity contribution < 1.29 is 42.1 Å². The lowest BCUT2D eigenvalue weighted by Gasteiger charge is -2.28. The van der Waals surface area contributed by atoms with Gasteiger partial charge < -0.3 is 27.9 Å². The number of likely N-dealkylation sites (N-methyl/N-ethyl adjacent to an activating group) is 1. The van der Waals surface area contributed by atoms with Crippen LogP contribution in [0.15, 0.2) is 146 Å². The van der Waals surface area contributed by atoms with Crippen LogP contribution >= 0.6 is 7.82 Å². The van der Waals surface area contributed by atoms with E-state index in [4.69, 9.17) is 18.5 Å². The lowest BCUT2D eigenvalue weighted by molar-refractivity contribution is -0.870. The second-order valence-electron chi connectivity index (χ2n) is 27.3. The molecule has 0 N–H and O–H groups in total. The van der Waals surface area contributed by atoms with E-state index in [-0.39, 0.29) is 32.0 Å². The average molecular weight is 1360 g/mol. The maximum atomic E-state index is 12.9. The van der Waals surface area contributed by atoms with Gasteiger partial charge in [-0.3, -0.25) is 14.2 Å². The highest BCUT2D eigenvalue weighted by molar-refractivity contribution is 7.45. The van der Waals surface area contributed by atoms with E-state index in [0.717, 1.165) is 116 Å². The summed E-state index contributed by atoms with van der Waals surface area (Å²) < 4.78 is 34.4. The number of esters is 2. The van der Waals surface area contributed by atoms with Crippen LogP contribution in [0.2, 0.25) is 0 Å². The van der Waals surface area contributed by atoms with E-state index < -0.39 is 26.5 Å². The Kier molecular flexibility index (Phi) is 71.9. The number of unbranched alkanes of at least 4 members (excludes halogenated alkanes) is 34. The summed E-state index contributed by atoms with van der Waals surface area (Å²) in [6.07, 6.45) is 111. The van der Waals surface area contributed by atoms with Gasteiger partial charge in [0.2, 0.25) is 0 Å². The second-order valence-corrected chi connectivity index (χ2v) is 28.7. The molecule has 0 spiro atoms. The van der Waals surface area contributed by atoms with Crippen molar-refractivity contribution in [2.75, 3.05) is 47.5 Å². The van der Waals surface area contributed by atoms with Crippen molar-refractivity contribution in [3.05, 3.63) is 146 Å². The molecule has 0 aliphatic rings. The van der Waals surface area contributed by atoms with Gasteiger partial charge in [0.15, 0.2) is 6.10 Å². The summed E-state index contributed by atoms with van der Waals surface area (Å²) in [6, 6.07) is 0. The molecule has 9 nitrogen and oxygen atoms in total. The van der Waals surface area contributed by atoms with E-state index in [2.05, 4.69) is 160 Å². The Labute approximate surface area is 593 Å². The Hall–Kier alpha value is -4.11. The van der Waals surface area contributed by atoms with Crippen molar-refractivity contribution in [3.8, 4) is 0 Å². The van der Waals surface area contributed by atoms with E-state index in [1.807, 2.05) is 21.1 Å². The lowest BCUT2D eigenvalue weighted by Crippen LogP contribution is -2.37. The molecule has 550 valence electrons. The maximum absolute atomic E-state index is 12.9. The first-order valence-electron chi connectivity index (χ1n) is 39.5. The number of phosphoric ester groups is 1. The highest BCUT2D eigenvalue weighted by Gasteiger charge is 2.22. The topological polar surface area (TPSA) is 111 Å². The Morgan fingerprint density at radius 2 is 0.562 bits per heavy atom. The van der Waals surface area contributed by atoms with Crippen molar-refractivity contribution >= 4 is 19.8 Å². The number of nitrogens with zero attached hydrogens (tertiary/aromatic N) is 1. The van der Waals surface area contributed by atoms with Crippen molar-refractivity contribution in [2.24, 2.45) is 0 Å². The number of rotatable bonds is 72. The number of quaternary nitrogens is 1. The zero-order valence-electron chi connectivity index (χ0n) is 62.8. The normalized spacial score (nSPS) is 13.9. The molecule has 10 heteroatoms. The Morgan fingerprint density at radius 1 is 0.323 bits per heavy atom. The Balaban J connectivity index is 3.98. The summed E-state index contributed by atoms with van der Waals surface area (Å²) in [5.41, 5.74) is 0. The van der Waals surface area contributed by atoms with Gasteiger partial charge in [0, 0.05) is 12.8 Å². The molecule has 0 radical (unpaired) electrons. The smallest absolute Gasteiger partial charge is 0.306 e. The van der Waals surface area contributed by atoms with Gasteiger partial charge >= 0.3 is 11.9 Å². The average Bonchev–Trinajstić information content (AvgIpc) is 2.72. The van der Waals surface area contributed by atoms with Crippen molar-refractivity contribution in [2.45, 2.75) is 341 Å². The van der Waals surface area contributed by atoms with Crippen LogP contribution in [0.3, 0.4) is 0 Å². The zero-order valence-corrected chi connectivity index (χ0v) is 63.7. The van der Waals surface area contributed by atoms with Gasteiger partial charge in [-0.05, 0) is 116 Å². The number of hydrogen-bond acceptors (Lipinski definition) is 8. The number of allylic oxidation sites excluding steroid dienone is 24. The van der Waals surface area contributed by atoms with Gasteiger partial charge in [-0.25, -0.2) is 0 Å². The molecular formula is C86H148NO8P. The largest absolute Gasteiger partial charge is 0.756 e. The Bertz CT molecular complexity index is 2140. The standard InChI is InChI=1S/C86H148NO8P/c1-6-8-10-12-14-16-18-20-22-24-26-28-30-32-34-36-38-40-42-43-45-47-49-51-53-55-57-59-61-63-65-67-69-71-73-75-77-79-86(89)95-84(83-94-96(90,91)93-81-80-87(3,4)5)82-92-85(88)78-76-74-72-70-68-66-64-62-60-58-56-54-52-50-48-46-44-41-39-37-35-33-31-29-27-25-23-21-19-17-15-13-11-9-7-2/h8-11,14-17,20-23,26-29,32-35,38-41,84H,6-7,12-13,18-19,24-25,30-31,36-37,42-83H2,1-5H3/b10-8-,11-9-,16-14-,17-15-,22-20-,23-21-,28-26-,29-27-,34-32-,35-33-,40-38-,41-39-. The molecule has 2 unspecified atom stereocenters. The quantitative estimate of drug-likeness (QED) is 0.0195. The van der Waals surface area contributed by atoms with Gasteiger partial charge in [-0.1, -0.05) is 352 Å². The third kappa shape index (κ3) is 78.9. The highest BCUT2D eigenvalue weighted by atomic mass is 31.2. The predicted octanol–water partition coefficient (Wildman–Crippen LogP) is 25.9. The molecule has 0 aromatic heterocycles. The van der Waals surface area contributed by atoms with Crippen molar-refractivity contribution in [1.82, 2.24) is 0 Å². The predicted molar refractivity (Wildman–Crippen MR) is 415 cm³/mol. The van der Waals surface area contributed by atoms with Crippen molar-refractivity contribution in [3.63, 3.8) is 0 Å². The zero-order chi connectivity index (χ0) is 69.7. The van der Waals surface area contributed by atoms with Crippen molar-refractivity contribution in [1.29, 1.82) is 0 Å². The molecule has 0 aromatic carbocycles. The third-order valence-corrected chi connectivity index (χ3v) is 17.8. The molecule has 0 aliphatic carbocycles. The van der Waals surface area contributed by atoms with Gasteiger partial charge in [0.05, 0.1) is 27.7 Å². The number of ether oxygens (including phenoxy) is 2. The maximum Gasteiger partial charge on any atom is 0.306 e. The number of hydrogen-bond donors (Lipinski definition) is 0. The van der Waals surface area contributed by atoms with Crippen LogP contribution < -0.4 is 4.89 Å². The molecule has 0 saturated carbocycles. The summed E-state index contributed by atoms with van der Waals surface area (Å²) in [7, 11) is 1.17. The molecule has 0 bridgehead atoms. The first-order chi connectivity index (χ1) is 47.0. The molecule has 0 aromatic rings. The lowest BCUT2D eigenvalue weighted by atomic mass is 10.0. The van der Waals surface area contributed by atoms with Crippen LogP contribution in [0, 0.1) is 0 Å². The van der Waals surface area contributed by atoms with E-state index in [1.165, 1.54) is 186 Å². The minimum atomic E-state index is -4.65. The molecular weight excluding hydrogens is 1210 g/mol. The number of carbonyl (C=O) groups is 2. The fourth-order valence-corrected chi connectivity index (χ4v) is 11.6. The van der Waals surface area contributed by atoms with Crippen LogP contribution in [-0.4, -0.2) is 70.0 Å². The van der Waals surface area contributed by atoms with Crippen LogP contribution in [0.5, 0.6) is 0 Å². The molecule has 0 heterocycles. The summed E-state index contributed by atoms with van der Waals surface area (Å²) >= 11 is 0. The fraction of sp³-hybridized carbons (Fsp3) is 0.698. The monoisotopic (exact) mass is 1350 g/mol. The van der Waals surface area contributed by atoms with Gasteiger partial charge in [-0.15, -0.1) is 0 Å². The Morgan fingerprint density at radius 3 is 0.833 bits per heavy atom. The minimum absolute atomic E-state index is 0.0341. The van der Waals surface area contributed by atoms with E-state index in [0.29, 0.717) is 17.4 Å². The summed E-state index contributed by atoms with van der Waals surface area (Å²) in [5.74, 6) is -0.825. The summed E-state index contributed by atoms with van der Waals surface area (Å²) in [4.78, 5) is 38.2. The second kappa shape index (κ2) is 75.1. The van der Waals surface area contributed by atoms with Crippen LogP contribution in [0.1, 0.15) is 335 Å². The van der Waals surface area contributed by atoms with Crippen LogP contribution in [0.25, 0.3) is 0 Å². The molecule has 0 aliphatic heterocycles. The number of phosphoric acid groups is 1. The van der Waals surface area contributed by atoms with Crippen LogP contribution in [0.4, 0.5) is 0 Å². The summed E-state index contributed by atoms with van der Waals surface area (Å²) in [5, 5.41) is 0. The third-order valence-electron chi connectivity index (χ3n) is 16.9. The minimum Gasteiger partial charge on any atom is -0.756 e.